The third-order valence-corrected chi connectivity index (χ3v) is 16.4. The number of amides is 1. The smallest absolute Gasteiger partial charge is 0.268 e. The van der Waals surface area contributed by atoms with Gasteiger partial charge in [-0.3, -0.25) is 9.36 Å². The fourth-order valence-electron chi connectivity index (χ4n) is 10.0. The van der Waals surface area contributed by atoms with E-state index in [4.69, 9.17) is 9.05 Å². The average Bonchev–Trinajstić information content (AvgIpc) is 3.48. The number of aliphatic hydroxyl groups excluding tert-OH is 1. The number of rotatable bonds is 64. The number of phosphoric acid groups is 1. The third kappa shape index (κ3) is 68.3. The second kappa shape index (κ2) is 65.3. The van der Waals surface area contributed by atoms with Crippen LogP contribution in [0.3, 0.4) is 0 Å². The number of quaternary nitrogens is 1. The Morgan fingerprint density at radius 1 is 0.424 bits per heavy atom. The minimum absolute atomic E-state index is 0.00702. The maximum Gasteiger partial charge on any atom is 0.268 e. The number of unbranched alkanes of at least 4 members (excludes halogenated alkanes) is 31. The molecule has 3 atom stereocenters. The maximum absolute atomic E-state index is 13.1. The van der Waals surface area contributed by atoms with Crippen LogP contribution in [0.4, 0.5) is 0 Å². The molecular formula is C76H135N2O6P. The molecule has 0 aromatic heterocycles. The summed E-state index contributed by atoms with van der Waals surface area (Å²) in [6.45, 7) is 4.63. The van der Waals surface area contributed by atoms with Gasteiger partial charge in [0, 0.05) is 6.42 Å². The SMILES string of the molecule is CC/C=C\C/C=C\C/C=C\C/C=C\C/C=C\C/C=C\C/C=C\C/C=C\C/C=C\C/C=C\CCCCCCCCCCCCC(=O)NC(COP(=O)([O-])OCC[N+](C)(C)C)C(O)CCCCCCCCCCCCCCCCCCCCCCCC. The Hall–Kier alpha value is -3.10. The zero-order valence-corrected chi connectivity index (χ0v) is 56.9. The molecule has 8 nitrogen and oxygen atoms in total. The van der Waals surface area contributed by atoms with Crippen LogP contribution in [0.5, 0.6) is 0 Å². The highest BCUT2D eigenvalue weighted by Crippen LogP contribution is 2.38. The first kappa shape index (κ1) is 81.9. The van der Waals surface area contributed by atoms with Crippen molar-refractivity contribution >= 4 is 13.7 Å². The van der Waals surface area contributed by atoms with Crippen molar-refractivity contribution in [2.24, 2.45) is 0 Å². The molecule has 1 amide bonds. The highest BCUT2D eigenvalue weighted by atomic mass is 31.2. The summed E-state index contributed by atoms with van der Waals surface area (Å²) in [5, 5.41) is 14.1. The Labute approximate surface area is 526 Å². The van der Waals surface area contributed by atoms with E-state index in [-0.39, 0.29) is 19.1 Å². The van der Waals surface area contributed by atoms with Crippen LogP contribution in [-0.2, 0) is 18.4 Å². The fraction of sp³-hybridized carbons (Fsp3) is 0.724. The lowest BCUT2D eigenvalue weighted by atomic mass is 10.0. The van der Waals surface area contributed by atoms with Crippen LogP contribution < -0.4 is 10.2 Å². The number of phosphoric ester groups is 1. The quantitative estimate of drug-likeness (QED) is 0.0272. The number of hydrogen-bond acceptors (Lipinski definition) is 6. The number of hydrogen-bond donors (Lipinski definition) is 2. The zero-order chi connectivity index (χ0) is 61.9. The normalized spacial score (nSPS) is 14.4. The molecule has 0 spiro atoms. The molecular weight excluding hydrogens is 1070 g/mol. The molecule has 0 radical (unpaired) electrons. The van der Waals surface area contributed by atoms with Crippen molar-refractivity contribution in [2.45, 2.75) is 315 Å². The summed E-state index contributed by atoms with van der Waals surface area (Å²) in [7, 11) is 1.30. The Balaban J connectivity index is 4.07. The van der Waals surface area contributed by atoms with Gasteiger partial charge in [0.2, 0.25) is 5.91 Å². The summed E-state index contributed by atoms with van der Waals surface area (Å²) in [4.78, 5) is 25.7. The maximum atomic E-state index is 13.1. The Bertz CT molecular complexity index is 1800. The van der Waals surface area contributed by atoms with Crippen molar-refractivity contribution in [3.8, 4) is 0 Å². The summed E-state index contributed by atoms with van der Waals surface area (Å²) in [5.74, 6) is -0.170. The molecule has 85 heavy (non-hydrogen) atoms. The molecule has 0 aliphatic rings. The highest BCUT2D eigenvalue weighted by Gasteiger charge is 2.24. The van der Waals surface area contributed by atoms with E-state index < -0.39 is 20.0 Å². The van der Waals surface area contributed by atoms with Crippen molar-refractivity contribution in [3.05, 3.63) is 122 Å². The first-order valence-corrected chi connectivity index (χ1v) is 36.8. The van der Waals surface area contributed by atoms with Gasteiger partial charge in [-0.1, -0.05) is 328 Å². The van der Waals surface area contributed by atoms with E-state index in [0.29, 0.717) is 23.9 Å². The summed E-state index contributed by atoms with van der Waals surface area (Å²) >= 11 is 0. The second-order valence-corrected chi connectivity index (χ2v) is 26.3. The molecule has 0 aliphatic heterocycles. The molecule has 3 unspecified atom stereocenters. The summed E-state index contributed by atoms with van der Waals surface area (Å²) in [6.07, 6.45) is 96.9. The topological polar surface area (TPSA) is 108 Å². The van der Waals surface area contributed by atoms with Crippen LogP contribution in [0, 0.1) is 0 Å². The minimum atomic E-state index is -4.59. The second-order valence-electron chi connectivity index (χ2n) is 24.9. The van der Waals surface area contributed by atoms with Crippen LogP contribution in [0.1, 0.15) is 303 Å². The molecule has 0 aliphatic carbocycles. The number of aliphatic hydroxyl groups is 1. The monoisotopic (exact) mass is 1200 g/mol. The van der Waals surface area contributed by atoms with Crippen molar-refractivity contribution in [1.29, 1.82) is 0 Å². The molecule has 2 N–H and O–H groups in total. The standard InChI is InChI=1S/C76H135N2O6P/c1-6-8-10-12-14-16-18-20-22-24-26-28-30-31-32-33-34-35-36-37-38-39-40-41-42-43-44-45-46-47-48-50-52-54-56-58-60-62-64-66-68-70-76(80)77-74(73-84-85(81,82)83-72-71-78(3,4)5)75(79)69-67-65-63-61-59-57-55-53-51-49-29-27-25-23-21-19-17-15-13-11-9-7-2/h8,10,14,16,20,22,26,28,31-32,34-35,37-38,40-41,43-44,46-47,74-75,79H,6-7,9,11-13,15,17-19,21,23-25,27,29-30,33,36,39,42,45,48-73H2,1-5H3,(H-,77,80,81,82)/b10-8-,16-14-,22-20-,28-26-,32-31-,35-34-,38-37-,41-40-,44-43-,47-46-. The van der Waals surface area contributed by atoms with Crippen LogP contribution in [0.15, 0.2) is 122 Å². The number of nitrogens with one attached hydrogen (secondary N) is 1. The van der Waals surface area contributed by atoms with Crippen molar-refractivity contribution in [2.75, 3.05) is 40.9 Å². The molecule has 0 saturated heterocycles. The van der Waals surface area contributed by atoms with Crippen LogP contribution in [0.2, 0.25) is 0 Å². The first-order chi connectivity index (χ1) is 41.5. The predicted molar refractivity (Wildman–Crippen MR) is 371 cm³/mol. The van der Waals surface area contributed by atoms with E-state index in [1.807, 2.05) is 21.1 Å². The van der Waals surface area contributed by atoms with Crippen LogP contribution in [-0.4, -0.2) is 68.5 Å². The molecule has 0 fully saturated rings. The van der Waals surface area contributed by atoms with E-state index in [0.717, 1.165) is 109 Å². The molecule has 0 saturated carbocycles. The van der Waals surface area contributed by atoms with E-state index >= 15 is 0 Å². The minimum Gasteiger partial charge on any atom is -0.756 e. The molecule has 0 aromatic rings. The molecule has 9 heteroatoms. The lowest BCUT2D eigenvalue weighted by Gasteiger charge is -2.30. The molecule has 0 rings (SSSR count). The van der Waals surface area contributed by atoms with Gasteiger partial charge >= 0.3 is 0 Å². The highest BCUT2D eigenvalue weighted by molar-refractivity contribution is 7.45. The lowest BCUT2D eigenvalue weighted by Crippen LogP contribution is -2.46. The number of nitrogens with zero attached hydrogens (tertiary/aromatic N) is 1. The van der Waals surface area contributed by atoms with Gasteiger partial charge < -0.3 is 28.8 Å². The largest absolute Gasteiger partial charge is 0.756 e. The van der Waals surface area contributed by atoms with Crippen molar-refractivity contribution in [1.82, 2.24) is 5.32 Å². The Morgan fingerprint density at radius 2 is 0.718 bits per heavy atom. The van der Waals surface area contributed by atoms with Gasteiger partial charge in [0.25, 0.3) is 7.82 Å². The summed E-state index contributed by atoms with van der Waals surface area (Å²) < 4.78 is 23.5. The van der Waals surface area contributed by atoms with Crippen molar-refractivity contribution < 1.29 is 32.9 Å². The molecule has 490 valence electrons. The van der Waals surface area contributed by atoms with Gasteiger partial charge in [-0.05, 0) is 89.9 Å². The van der Waals surface area contributed by atoms with E-state index in [1.165, 1.54) is 167 Å². The fourth-order valence-corrected chi connectivity index (χ4v) is 10.7. The van der Waals surface area contributed by atoms with Gasteiger partial charge in [-0.15, -0.1) is 0 Å². The summed E-state index contributed by atoms with van der Waals surface area (Å²) in [6, 6.07) is -0.812. The third-order valence-electron chi connectivity index (χ3n) is 15.5. The Kier molecular flexibility index (Phi) is 63.0. The number of carbonyl (C=O) groups is 1. The van der Waals surface area contributed by atoms with Gasteiger partial charge in [0.1, 0.15) is 13.2 Å². The molecule has 0 aromatic carbocycles. The van der Waals surface area contributed by atoms with E-state index in [2.05, 4.69) is 141 Å². The first-order valence-electron chi connectivity index (χ1n) is 35.4. The number of carbonyl (C=O) groups excluding carboxylic acids is 1. The van der Waals surface area contributed by atoms with Crippen molar-refractivity contribution in [3.63, 3.8) is 0 Å². The number of allylic oxidation sites excluding steroid dienone is 20. The predicted octanol–water partition coefficient (Wildman–Crippen LogP) is 22.2. The van der Waals surface area contributed by atoms with E-state index in [9.17, 15) is 19.4 Å². The zero-order valence-electron chi connectivity index (χ0n) is 56.0. The molecule has 0 bridgehead atoms. The van der Waals surface area contributed by atoms with Gasteiger partial charge in [0.05, 0.1) is 39.9 Å². The van der Waals surface area contributed by atoms with Crippen LogP contribution in [0.25, 0.3) is 0 Å². The van der Waals surface area contributed by atoms with E-state index in [1.54, 1.807) is 0 Å². The van der Waals surface area contributed by atoms with Gasteiger partial charge in [-0.2, -0.15) is 0 Å². The lowest BCUT2D eigenvalue weighted by molar-refractivity contribution is -0.870. The van der Waals surface area contributed by atoms with Gasteiger partial charge in [0.15, 0.2) is 0 Å². The summed E-state index contributed by atoms with van der Waals surface area (Å²) in [5.41, 5.74) is 0. The average molecular weight is 1200 g/mol. The Morgan fingerprint density at radius 3 is 1.05 bits per heavy atom. The van der Waals surface area contributed by atoms with Gasteiger partial charge in [-0.25, -0.2) is 0 Å². The van der Waals surface area contributed by atoms with Crippen LogP contribution >= 0.6 is 7.82 Å². The molecule has 0 heterocycles. The number of likely N-dealkylation sites (N-methyl/N-ethyl adjacent to an activating group) is 1.